The molecule has 156 valence electrons. The molecule has 3 aromatic rings. The van der Waals surface area contributed by atoms with Gasteiger partial charge in [-0.05, 0) is 30.2 Å². The Labute approximate surface area is 184 Å². The number of anilines is 1. The predicted molar refractivity (Wildman–Crippen MR) is 123 cm³/mol. The van der Waals surface area contributed by atoms with Gasteiger partial charge in [0.1, 0.15) is 0 Å². The molecule has 1 fully saturated rings. The number of carbonyl (C=O) groups is 2. The number of thiazole rings is 1. The first kappa shape index (κ1) is 20.8. The van der Waals surface area contributed by atoms with Crippen LogP contribution in [0.15, 0.2) is 47.8 Å². The zero-order valence-electron chi connectivity index (χ0n) is 17.1. The summed E-state index contributed by atoms with van der Waals surface area (Å²) in [6.07, 6.45) is 1.62. The molecule has 1 unspecified atom stereocenters. The monoisotopic (exact) mass is 439 g/mol. The van der Waals surface area contributed by atoms with Crippen LogP contribution in [0.4, 0.5) is 5.13 Å². The van der Waals surface area contributed by atoms with Crippen LogP contribution in [0.1, 0.15) is 47.2 Å². The van der Waals surface area contributed by atoms with Crippen LogP contribution in [0, 0.1) is 5.92 Å². The van der Waals surface area contributed by atoms with Gasteiger partial charge in [0.15, 0.2) is 5.13 Å². The van der Waals surface area contributed by atoms with Crippen molar-refractivity contribution in [2.45, 2.75) is 32.6 Å². The number of rotatable bonds is 5. The van der Waals surface area contributed by atoms with Gasteiger partial charge in [0.25, 0.3) is 5.91 Å². The van der Waals surface area contributed by atoms with Gasteiger partial charge >= 0.3 is 0 Å². The zero-order valence-corrected chi connectivity index (χ0v) is 18.8. The van der Waals surface area contributed by atoms with E-state index in [1.54, 1.807) is 4.90 Å². The standard InChI is InChI=1S/C23H25N3O2S2/c1-15(2)20-19(16-8-4-3-5-9-16)24-23(30-20)25-21(27)17-10-6-12-26(14-17)22(28)18-11-7-13-29-18/h3-5,7-9,11,13,15,17H,6,10,12,14H2,1-2H3,(H,24,25,27). The van der Waals surface area contributed by atoms with Gasteiger partial charge in [-0.2, -0.15) is 0 Å². The number of hydrogen-bond acceptors (Lipinski definition) is 5. The normalized spacial score (nSPS) is 16.6. The van der Waals surface area contributed by atoms with E-state index >= 15 is 0 Å². The molecule has 0 saturated carbocycles. The molecule has 1 atom stereocenters. The smallest absolute Gasteiger partial charge is 0.263 e. The summed E-state index contributed by atoms with van der Waals surface area (Å²) in [5.41, 5.74) is 1.99. The molecule has 0 bridgehead atoms. The molecule has 0 radical (unpaired) electrons. The van der Waals surface area contributed by atoms with E-state index in [1.807, 2.05) is 47.8 Å². The first-order valence-electron chi connectivity index (χ1n) is 10.2. The Kier molecular flexibility index (Phi) is 6.29. The van der Waals surface area contributed by atoms with Crippen molar-refractivity contribution < 1.29 is 9.59 Å². The lowest BCUT2D eigenvalue weighted by Gasteiger charge is -2.31. The Morgan fingerprint density at radius 1 is 1.17 bits per heavy atom. The van der Waals surface area contributed by atoms with Crippen molar-refractivity contribution in [3.05, 3.63) is 57.6 Å². The number of likely N-dealkylation sites (tertiary alicyclic amines) is 1. The number of thiophene rings is 1. The highest BCUT2D eigenvalue weighted by atomic mass is 32.1. The number of nitrogens with zero attached hydrogens (tertiary/aromatic N) is 2. The summed E-state index contributed by atoms with van der Waals surface area (Å²) < 4.78 is 0. The first-order chi connectivity index (χ1) is 14.5. The van der Waals surface area contributed by atoms with Crippen LogP contribution >= 0.6 is 22.7 Å². The van der Waals surface area contributed by atoms with Crippen LogP contribution in [0.2, 0.25) is 0 Å². The van der Waals surface area contributed by atoms with Crippen molar-refractivity contribution >= 4 is 39.6 Å². The zero-order chi connectivity index (χ0) is 21.1. The Balaban J connectivity index is 1.48. The number of piperidine rings is 1. The summed E-state index contributed by atoms with van der Waals surface area (Å²) in [5.74, 6) is 0.0683. The second-order valence-corrected chi connectivity index (χ2v) is 9.79. The van der Waals surface area contributed by atoms with E-state index in [2.05, 4.69) is 19.2 Å². The van der Waals surface area contributed by atoms with Gasteiger partial charge in [-0.3, -0.25) is 9.59 Å². The number of amides is 2. The number of carbonyl (C=O) groups excluding carboxylic acids is 2. The van der Waals surface area contributed by atoms with Crippen molar-refractivity contribution in [2.75, 3.05) is 18.4 Å². The van der Waals surface area contributed by atoms with E-state index in [9.17, 15) is 9.59 Å². The van der Waals surface area contributed by atoms with Crippen molar-refractivity contribution in [1.29, 1.82) is 0 Å². The van der Waals surface area contributed by atoms with E-state index in [4.69, 9.17) is 4.98 Å². The van der Waals surface area contributed by atoms with Crippen LogP contribution in [0.3, 0.4) is 0 Å². The topological polar surface area (TPSA) is 62.3 Å². The predicted octanol–water partition coefficient (Wildman–Crippen LogP) is 5.49. The highest BCUT2D eigenvalue weighted by Crippen LogP contribution is 2.36. The van der Waals surface area contributed by atoms with Crippen molar-refractivity contribution in [1.82, 2.24) is 9.88 Å². The fourth-order valence-corrected chi connectivity index (χ4v) is 5.40. The third-order valence-corrected chi connectivity index (χ3v) is 7.40. The number of benzene rings is 1. The molecular weight excluding hydrogens is 414 g/mol. The van der Waals surface area contributed by atoms with E-state index < -0.39 is 0 Å². The van der Waals surface area contributed by atoms with Crippen LogP contribution in [-0.4, -0.2) is 34.8 Å². The van der Waals surface area contributed by atoms with E-state index in [0.717, 1.165) is 33.9 Å². The fraction of sp³-hybridized carbons (Fsp3) is 0.348. The minimum atomic E-state index is -0.214. The van der Waals surface area contributed by atoms with E-state index in [-0.39, 0.29) is 17.7 Å². The minimum Gasteiger partial charge on any atom is -0.337 e. The maximum Gasteiger partial charge on any atom is 0.263 e. The lowest BCUT2D eigenvalue weighted by atomic mass is 9.97. The van der Waals surface area contributed by atoms with Crippen LogP contribution in [0.5, 0.6) is 0 Å². The Hall–Kier alpha value is -2.51. The highest BCUT2D eigenvalue weighted by molar-refractivity contribution is 7.16. The molecule has 5 nitrogen and oxygen atoms in total. The fourth-order valence-electron chi connectivity index (χ4n) is 3.72. The Morgan fingerprint density at radius 2 is 1.97 bits per heavy atom. The second-order valence-electron chi connectivity index (χ2n) is 7.81. The molecule has 2 aromatic heterocycles. The average Bonchev–Trinajstić information content (AvgIpc) is 3.44. The summed E-state index contributed by atoms with van der Waals surface area (Å²) in [6.45, 7) is 5.44. The number of nitrogens with one attached hydrogen (secondary N) is 1. The maximum absolute atomic E-state index is 13.0. The molecule has 4 rings (SSSR count). The second kappa shape index (κ2) is 9.10. The van der Waals surface area contributed by atoms with Gasteiger partial charge in [0.05, 0.1) is 16.5 Å². The maximum atomic E-state index is 13.0. The SMILES string of the molecule is CC(C)c1sc(NC(=O)C2CCCN(C(=O)c3cccs3)C2)nc1-c1ccccc1. The van der Waals surface area contributed by atoms with Crippen molar-refractivity contribution in [3.8, 4) is 11.3 Å². The molecule has 0 aliphatic carbocycles. The molecule has 1 aliphatic rings. The Bertz CT molecular complexity index is 1010. The first-order valence-corrected chi connectivity index (χ1v) is 11.9. The molecular formula is C23H25N3O2S2. The van der Waals surface area contributed by atoms with Gasteiger partial charge in [0, 0.05) is 23.5 Å². The highest BCUT2D eigenvalue weighted by Gasteiger charge is 2.30. The van der Waals surface area contributed by atoms with Gasteiger partial charge in [0.2, 0.25) is 5.91 Å². The summed E-state index contributed by atoms with van der Waals surface area (Å²) >= 11 is 2.98. The quantitative estimate of drug-likeness (QED) is 0.572. The van der Waals surface area contributed by atoms with Crippen LogP contribution in [0.25, 0.3) is 11.3 Å². The third-order valence-electron chi connectivity index (χ3n) is 5.27. The van der Waals surface area contributed by atoms with Gasteiger partial charge < -0.3 is 10.2 Å². The van der Waals surface area contributed by atoms with Crippen LogP contribution < -0.4 is 5.32 Å². The Morgan fingerprint density at radius 3 is 2.67 bits per heavy atom. The molecule has 7 heteroatoms. The van der Waals surface area contributed by atoms with Gasteiger partial charge in [-0.25, -0.2) is 4.98 Å². The van der Waals surface area contributed by atoms with Gasteiger partial charge in [-0.15, -0.1) is 22.7 Å². The summed E-state index contributed by atoms with van der Waals surface area (Å²) in [7, 11) is 0. The number of aromatic nitrogens is 1. The molecule has 1 aromatic carbocycles. The summed E-state index contributed by atoms with van der Waals surface area (Å²) in [5, 5.41) is 5.56. The largest absolute Gasteiger partial charge is 0.337 e. The third kappa shape index (κ3) is 4.47. The van der Waals surface area contributed by atoms with E-state index in [0.29, 0.717) is 24.1 Å². The van der Waals surface area contributed by atoms with E-state index in [1.165, 1.54) is 22.7 Å². The average molecular weight is 440 g/mol. The number of hydrogen-bond donors (Lipinski definition) is 1. The molecule has 1 aliphatic heterocycles. The van der Waals surface area contributed by atoms with Crippen LogP contribution in [-0.2, 0) is 4.79 Å². The van der Waals surface area contributed by atoms with Crippen molar-refractivity contribution in [2.24, 2.45) is 5.92 Å². The molecule has 30 heavy (non-hydrogen) atoms. The molecule has 3 heterocycles. The lowest BCUT2D eigenvalue weighted by molar-refractivity contribution is -0.121. The van der Waals surface area contributed by atoms with Gasteiger partial charge in [-0.1, -0.05) is 50.2 Å². The minimum absolute atomic E-state index is 0.0187. The lowest BCUT2D eigenvalue weighted by Crippen LogP contribution is -2.43. The molecule has 1 saturated heterocycles. The molecule has 2 amide bonds. The van der Waals surface area contributed by atoms with Crippen molar-refractivity contribution in [3.63, 3.8) is 0 Å². The summed E-state index contributed by atoms with van der Waals surface area (Å²) in [4.78, 5) is 34.1. The summed E-state index contributed by atoms with van der Waals surface area (Å²) in [6, 6.07) is 13.8. The molecule has 1 N–H and O–H groups in total. The molecule has 0 spiro atoms.